The summed E-state index contributed by atoms with van der Waals surface area (Å²) in [4.78, 5) is 15.7. The zero-order chi connectivity index (χ0) is 37.5. The van der Waals surface area contributed by atoms with Crippen molar-refractivity contribution in [2.75, 3.05) is 0 Å². The molecule has 0 fully saturated rings. The maximum atomic E-state index is 6.51. The number of nitrogens with zero attached hydrogens (tertiary/aromatic N) is 5. The molecule has 12 aromatic rings. The number of aromatic nitrogens is 5. The van der Waals surface area contributed by atoms with Crippen LogP contribution in [0.4, 0.5) is 0 Å². The van der Waals surface area contributed by atoms with E-state index in [0.717, 1.165) is 71.6 Å². The largest absolute Gasteiger partial charge is 0.455 e. The van der Waals surface area contributed by atoms with Crippen molar-refractivity contribution in [3.05, 3.63) is 188 Å². The molecule has 57 heavy (non-hydrogen) atoms. The van der Waals surface area contributed by atoms with E-state index in [9.17, 15) is 0 Å². The topological polar surface area (TPSA) is 61.7 Å². The molecule has 0 N–H and O–H groups in total. The summed E-state index contributed by atoms with van der Waals surface area (Å²) in [5.41, 5.74) is 11.0. The Hall–Kier alpha value is -7.83. The summed E-state index contributed by atoms with van der Waals surface area (Å²) in [6, 6.07) is 65.7. The van der Waals surface area contributed by atoms with Crippen LogP contribution in [0.25, 0.3) is 111 Å². The summed E-state index contributed by atoms with van der Waals surface area (Å²) in [5.74, 6) is 1.66. The van der Waals surface area contributed by atoms with Gasteiger partial charge in [0, 0.05) is 43.6 Å². The van der Waals surface area contributed by atoms with Crippen molar-refractivity contribution in [1.29, 1.82) is 0 Å². The quantitative estimate of drug-likeness (QED) is 0.177. The van der Waals surface area contributed by atoms with Crippen LogP contribution >= 0.6 is 0 Å². The van der Waals surface area contributed by atoms with Gasteiger partial charge < -0.3 is 8.98 Å². The van der Waals surface area contributed by atoms with E-state index in [1.54, 1.807) is 0 Å². The Bertz CT molecular complexity index is 3520. The SMILES string of the molecule is c1ccc(-c2cccc(-n3c4ccccc4c4cc5c6ccccc6n(-c6nc(-c7ccccc7)nc(-c7cccc8c7oc7ccccc78)n6)c5cc43)c2)cc1. The molecule has 0 aliphatic carbocycles. The molecule has 266 valence electrons. The molecule has 6 heteroatoms. The number of para-hydroxylation sites is 4. The molecular formula is C51H31N5O. The minimum Gasteiger partial charge on any atom is -0.455 e. The Morgan fingerprint density at radius 3 is 1.70 bits per heavy atom. The van der Waals surface area contributed by atoms with Crippen LogP contribution in [0, 0.1) is 0 Å². The van der Waals surface area contributed by atoms with Crippen molar-refractivity contribution in [2.45, 2.75) is 0 Å². The van der Waals surface area contributed by atoms with Crippen molar-refractivity contribution in [3.8, 4) is 45.5 Å². The van der Waals surface area contributed by atoms with Crippen LogP contribution in [0.1, 0.15) is 0 Å². The van der Waals surface area contributed by atoms with E-state index in [1.807, 2.05) is 60.7 Å². The Morgan fingerprint density at radius 2 is 0.930 bits per heavy atom. The fraction of sp³-hybridized carbons (Fsp3) is 0. The lowest BCUT2D eigenvalue weighted by Crippen LogP contribution is -2.06. The molecule has 0 spiro atoms. The maximum absolute atomic E-state index is 6.51. The van der Waals surface area contributed by atoms with E-state index in [2.05, 4.69) is 137 Å². The van der Waals surface area contributed by atoms with Gasteiger partial charge in [0.05, 0.1) is 27.6 Å². The first-order valence-electron chi connectivity index (χ1n) is 19.1. The molecule has 12 rings (SSSR count). The minimum atomic E-state index is 0.534. The van der Waals surface area contributed by atoms with Crippen LogP contribution in [0.3, 0.4) is 0 Å². The minimum absolute atomic E-state index is 0.534. The monoisotopic (exact) mass is 729 g/mol. The van der Waals surface area contributed by atoms with Gasteiger partial charge in [0.1, 0.15) is 11.2 Å². The lowest BCUT2D eigenvalue weighted by atomic mass is 10.1. The average Bonchev–Trinajstić information content (AvgIpc) is 3.93. The second-order valence-corrected chi connectivity index (χ2v) is 14.4. The summed E-state index contributed by atoms with van der Waals surface area (Å²) in [6.45, 7) is 0. The highest BCUT2D eigenvalue weighted by molar-refractivity contribution is 6.19. The van der Waals surface area contributed by atoms with Crippen molar-refractivity contribution in [3.63, 3.8) is 0 Å². The third kappa shape index (κ3) is 4.87. The summed E-state index contributed by atoms with van der Waals surface area (Å²) in [6.07, 6.45) is 0. The average molecular weight is 730 g/mol. The van der Waals surface area contributed by atoms with Crippen LogP contribution < -0.4 is 0 Å². The van der Waals surface area contributed by atoms with Gasteiger partial charge >= 0.3 is 0 Å². The fourth-order valence-corrected chi connectivity index (χ4v) is 8.60. The van der Waals surface area contributed by atoms with Crippen molar-refractivity contribution >= 4 is 65.6 Å². The molecule has 0 aliphatic rings. The predicted octanol–water partition coefficient (Wildman–Crippen LogP) is 13.0. The molecule has 0 amide bonds. The van der Waals surface area contributed by atoms with Gasteiger partial charge in [-0.2, -0.15) is 9.97 Å². The first-order chi connectivity index (χ1) is 28.3. The highest BCUT2D eigenvalue weighted by Gasteiger charge is 2.22. The van der Waals surface area contributed by atoms with Gasteiger partial charge in [-0.15, -0.1) is 0 Å². The van der Waals surface area contributed by atoms with Gasteiger partial charge in [0.2, 0.25) is 5.95 Å². The summed E-state index contributed by atoms with van der Waals surface area (Å²) in [5, 5.41) is 6.72. The first-order valence-corrected chi connectivity index (χ1v) is 19.1. The molecule has 0 radical (unpaired) electrons. The lowest BCUT2D eigenvalue weighted by molar-refractivity contribution is 0.669. The highest BCUT2D eigenvalue weighted by atomic mass is 16.3. The molecule has 8 aromatic carbocycles. The van der Waals surface area contributed by atoms with E-state index >= 15 is 0 Å². The summed E-state index contributed by atoms with van der Waals surface area (Å²) in [7, 11) is 0. The molecule has 0 unspecified atom stereocenters. The van der Waals surface area contributed by atoms with Crippen LogP contribution in [0.15, 0.2) is 192 Å². The Kier molecular flexibility index (Phi) is 6.83. The Labute approximate surface area is 326 Å². The second kappa shape index (κ2) is 12.3. The van der Waals surface area contributed by atoms with Crippen molar-refractivity contribution in [2.24, 2.45) is 0 Å². The second-order valence-electron chi connectivity index (χ2n) is 14.4. The Balaban J connectivity index is 1.16. The summed E-state index contributed by atoms with van der Waals surface area (Å²) < 4.78 is 11.1. The molecule has 0 saturated carbocycles. The van der Waals surface area contributed by atoms with Gasteiger partial charge in [0.25, 0.3) is 0 Å². The van der Waals surface area contributed by atoms with Gasteiger partial charge in [-0.3, -0.25) is 4.57 Å². The molecular weight excluding hydrogens is 699 g/mol. The zero-order valence-corrected chi connectivity index (χ0v) is 30.5. The van der Waals surface area contributed by atoms with Crippen LogP contribution in [-0.4, -0.2) is 24.1 Å². The number of hydrogen-bond acceptors (Lipinski definition) is 4. The molecule has 0 saturated heterocycles. The van der Waals surface area contributed by atoms with Crippen LogP contribution in [-0.2, 0) is 0 Å². The van der Waals surface area contributed by atoms with Crippen LogP contribution in [0.2, 0.25) is 0 Å². The lowest BCUT2D eigenvalue weighted by Gasteiger charge is -2.12. The molecule has 0 bridgehead atoms. The summed E-state index contributed by atoms with van der Waals surface area (Å²) >= 11 is 0. The van der Waals surface area contributed by atoms with Gasteiger partial charge in [-0.05, 0) is 59.7 Å². The number of fused-ring (bicyclic) bond motifs is 9. The molecule has 0 aliphatic heterocycles. The molecule has 4 aromatic heterocycles. The predicted molar refractivity (Wildman–Crippen MR) is 232 cm³/mol. The van der Waals surface area contributed by atoms with E-state index < -0.39 is 0 Å². The molecule has 6 nitrogen and oxygen atoms in total. The Morgan fingerprint density at radius 1 is 0.351 bits per heavy atom. The highest BCUT2D eigenvalue weighted by Crippen LogP contribution is 2.41. The molecule has 4 heterocycles. The normalized spacial score (nSPS) is 11.9. The molecule has 0 atom stereocenters. The van der Waals surface area contributed by atoms with Crippen molar-refractivity contribution in [1.82, 2.24) is 24.1 Å². The van der Waals surface area contributed by atoms with Gasteiger partial charge in [-0.25, -0.2) is 4.98 Å². The first kappa shape index (κ1) is 31.5. The van der Waals surface area contributed by atoms with Gasteiger partial charge in [-0.1, -0.05) is 140 Å². The number of benzene rings is 8. The number of furan rings is 1. The van der Waals surface area contributed by atoms with Gasteiger partial charge in [0.15, 0.2) is 11.6 Å². The number of hydrogen-bond donors (Lipinski definition) is 0. The number of rotatable bonds is 5. The standard InChI is InChI=1S/C51H31N5O/c1-3-15-32(16-4-1)34-19-13-20-35(29-34)55-43-26-10-7-21-36(43)41-30-42-37-22-8-11-27-44(37)56(46(42)31-45(41)55)51-53-49(33-17-5-2-6-18-33)52-50(54-51)40-25-14-24-39-38-23-9-12-28-47(38)57-48(39)40/h1-31H. The smallest absolute Gasteiger partial charge is 0.238 e. The fourth-order valence-electron chi connectivity index (χ4n) is 8.60. The van der Waals surface area contributed by atoms with E-state index in [-0.39, 0.29) is 0 Å². The van der Waals surface area contributed by atoms with E-state index in [0.29, 0.717) is 17.6 Å². The zero-order valence-electron chi connectivity index (χ0n) is 30.5. The maximum Gasteiger partial charge on any atom is 0.238 e. The van der Waals surface area contributed by atoms with E-state index in [4.69, 9.17) is 19.4 Å². The van der Waals surface area contributed by atoms with Crippen molar-refractivity contribution < 1.29 is 4.42 Å². The third-order valence-electron chi connectivity index (χ3n) is 11.2. The van der Waals surface area contributed by atoms with E-state index in [1.165, 1.54) is 21.9 Å². The third-order valence-corrected chi connectivity index (χ3v) is 11.2. The van der Waals surface area contributed by atoms with Crippen LogP contribution in [0.5, 0.6) is 0 Å².